The maximum absolute atomic E-state index is 11.3. The van der Waals surface area contributed by atoms with Gasteiger partial charge in [-0.2, -0.15) is 0 Å². The molecule has 0 saturated carbocycles. The molecular weight excluding hydrogens is 162 g/mol. The van der Waals surface area contributed by atoms with E-state index in [-0.39, 0.29) is 11.8 Å². The highest BCUT2D eigenvalue weighted by Gasteiger charge is 2.31. The summed E-state index contributed by atoms with van der Waals surface area (Å²) in [6.45, 7) is 1.63. The number of hydrogen-bond acceptors (Lipinski definition) is 2. The van der Waals surface area contributed by atoms with Crippen molar-refractivity contribution in [2.75, 3.05) is 7.05 Å². The fourth-order valence-corrected chi connectivity index (χ4v) is 2.01. The molecule has 2 aliphatic rings. The van der Waals surface area contributed by atoms with Crippen LogP contribution in [0.15, 0.2) is 36.1 Å². The van der Waals surface area contributed by atoms with E-state index in [0.29, 0.717) is 5.92 Å². The molecule has 2 heteroatoms. The highest BCUT2D eigenvalue weighted by Crippen LogP contribution is 2.30. The zero-order valence-electron chi connectivity index (χ0n) is 7.90. The monoisotopic (exact) mass is 175 g/mol. The smallest absolute Gasteiger partial charge is 0.157 e. The lowest BCUT2D eigenvalue weighted by Crippen LogP contribution is -2.33. The molecule has 0 fully saturated rings. The van der Waals surface area contributed by atoms with Gasteiger partial charge in [0.05, 0.1) is 6.04 Å². The molecule has 1 aliphatic heterocycles. The molecule has 0 saturated heterocycles. The quantitative estimate of drug-likeness (QED) is 0.602. The maximum Gasteiger partial charge on any atom is 0.157 e. The molecule has 1 heterocycles. The predicted octanol–water partition coefficient (Wildman–Crippen LogP) is 1.52. The van der Waals surface area contributed by atoms with Crippen molar-refractivity contribution in [2.45, 2.75) is 13.0 Å². The average Bonchev–Trinajstić information content (AvgIpc) is 2.48. The van der Waals surface area contributed by atoms with Gasteiger partial charge in [0.2, 0.25) is 0 Å². The fourth-order valence-electron chi connectivity index (χ4n) is 2.01. The molecule has 0 aromatic rings. The Kier molecular flexibility index (Phi) is 1.83. The summed E-state index contributed by atoms with van der Waals surface area (Å²) in [4.78, 5) is 13.4. The standard InChI is InChI=1S/C11H13NO/c1-8(13)10-5-3-4-9-6-7-12(2)11(9)10/h3-7,9,11H,1-2H3. The number of carbonyl (C=O) groups is 1. The van der Waals surface area contributed by atoms with Crippen LogP contribution in [0.5, 0.6) is 0 Å². The number of nitrogens with zero attached hydrogens (tertiary/aromatic N) is 1. The van der Waals surface area contributed by atoms with Gasteiger partial charge < -0.3 is 4.90 Å². The number of Topliss-reactive ketones (excluding diaryl/α,β-unsaturated/α-hetero) is 1. The third-order valence-corrected chi connectivity index (χ3v) is 2.68. The van der Waals surface area contributed by atoms with Gasteiger partial charge in [-0.3, -0.25) is 4.79 Å². The summed E-state index contributed by atoms with van der Waals surface area (Å²) in [5, 5.41) is 0. The van der Waals surface area contributed by atoms with Gasteiger partial charge in [-0.25, -0.2) is 0 Å². The van der Waals surface area contributed by atoms with Gasteiger partial charge in [0.15, 0.2) is 5.78 Å². The maximum atomic E-state index is 11.3. The first kappa shape index (κ1) is 8.30. The summed E-state index contributed by atoms with van der Waals surface area (Å²) in [5.41, 5.74) is 0.917. The van der Waals surface area contributed by atoms with Crippen molar-refractivity contribution < 1.29 is 4.79 Å². The van der Waals surface area contributed by atoms with Crippen LogP contribution in [0.1, 0.15) is 6.92 Å². The van der Waals surface area contributed by atoms with Gasteiger partial charge in [-0.15, -0.1) is 0 Å². The second-order valence-electron chi connectivity index (χ2n) is 3.59. The number of rotatable bonds is 1. The molecule has 68 valence electrons. The van der Waals surface area contributed by atoms with Crippen molar-refractivity contribution in [3.05, 3.63) is 36.1 Å². The van der Waals surface area contributed by atoms with E-state index < -0.39 is 0 Å². The Balaban J connectivity index is 2.34. The minimum absolute atomic E-state index is 0.176. The summed E-state index contributed by atoms with van der Waals surface area (Å²) in [5.74, 6) is 0.559. The molecule has 13 heavy (non-hydrogen) atoms. The SMILES string of the molecule is CC(=O)C1=CC=CC2C=CN(C)C12. The third-order valence-electron chi connectivity index (χ3n) is 2.68. The molecule has 0 radical (unpaired) electrons. The van der Waals surface area contributed by atoms with E-state index in [0.717, 1.165) is 5.57 Å². The lowest BCUT2D eigenvalue weighted by Gasteiger charge is -2.28. The highest BCUT2D eigenvalue weighted by molar-refractivity contribution is 5.95. The summed E-state index contributed by atoms with van der Waals surface area (Å²) >= 11 is 0. The molecular formula is C11H13NO. The Hall–Kier alpha value is -1.31. The Bertz CT molecular complexity index is 325. The summed E-state index contributed by atoms with van der Waals surface area (Å²) in [7, 11) is 2.01. The lowest BCUT2D eigenvalue weighted by atomic mass is 9.88. The molecule has 1 aliphatic carbocycles. The van der Waals surface area contributed by atoms with Crippen LogP contribution < -0.4 is 0 Å². The van der Waals surface area contributed by atoms with E-state index in [1.165, 1.54) is 0 Å². The number of fused-ring (bicyclic) bond motifs is 1. The number of carbonyl (C=O) groups excluding carboxylic acids is 1. The topological polar surface area (TPSA) is 20.3 Å². The van der Waals surface area contributed by atoms with Crippen LogP contribution in [-0.4, -0.2) is 23.8 Å². The molecule has 0 aromatic heterocycles. The normalized spacial score (nSPS) is 30.3. The Labute approximate surface area is 78.2 Å². The second kappa shape index (κ2) is 2.87. The van der Waals surface area contributed by atoms with Gasteiger partial charge in [0, 0.05) is 18.5 Å². The number of allylic oxidation sites excluding steroid dienone is 2. The van der Waals surface area contributed by atoms with Gasteiger partial charge in [-0.05, 0) is 13.1 Å². The van der Waals surface area contributed by atoms with Crippen LogP contribution in [0.3, 0.4) is 0 Å². The van der Waals surface area contributed by atoms with E-state index in [4.69, 9.17) is 0 Å². The van der Waals surface area contributed by atoms with Crippen LogP contribution in [0, 0.1) is 5.92 Å². The lowest BCUT2D eigenvalue weighted by molar-refractivity contribution is -0.114. The molecule has 0 spiro atoms. The van der Waals surface area contributed by atoms with Crippen molar-refractivity contribution in [1.29, 1.82) is 0 Å². The molecule has 0 bridgehead atoms. The van der Waals surface area contributed by atoms with E-state index in [1.807, 2.05) is 25.4 Å². The fraction of sp³-hybridized carbons (Fsp3) is 0.364. The van der Waals surface area contributed by atoms with Crippen LogP contribution in [-0.2, 0) is 4.79 Å². The largest absolute Gasteiger partial charge is 0.373 e. The van der Waals surface area contributed by atoms with Crippen molar-refractivity contribution >= 4 is 5.78 Å². The van der Waals surface area contributed by atoms with Gasteiger partial charge in [0.1, 0.15) is 0 Å². The minimum Gasteiger partial charge on any atom is -0.373 e. The zero-order valence-corrected chi connectivity index (χ0v) is 7.90. The van der Waals surface area contributed by atoms with E-state index in [9.17, 15) is 4.79 Å². The number of hydrogen-bond donors (Lipinski definition) is 0. The van der Waals surface area contributed by atoms with Crippen molar-refractivity contribution in [3.63, 3.8) is 0 Å². The molecule has 2 atom stereocenters. The summed E-state index contributed by atoms with van der Waals surface area (Å²) in [6.07, 6.45) is 10.2. The Morgan fingerprint density at radius 2 is 2.23 bits per heavy atom. The van der Waals surface area contributed by atoms with Gasteiger partial charge in [0.25, 0.3) is 0 Å². The Morgan fingerprint density at radius 1 is 1.46 bits per heavy atom. The summed E-state index contributed by atoms with van der Waals surface area (Å²) < 4.78 is 0. The third kappa shape index (κ3) is 1.22. The molecule has 2 rings (SSSR count). The first-order valence-corrected chi connectivity index (χ1v) is 4.50. The summed E-state index contributed by atoms with van der Waals surface area (Å²) in [6, 6.07) is 0.238. The average molecular weight is 175 g/mol. The second-order valence-corrected chi connectivity index (χ2v) is 3.59. The first-order chi connectivity index (χ1) is 6.20. The van der Waals surface area contributed by atoms with E-state index in [1.54, 1.807) is 6.92 Å². The number of likely N-dealkylation sites (N-methyl/N-ethyl adjacent to an activating group) is 1. The van der Waals surface area contributed by atoms with Crippen LogP contribution in [0.4, 0.5) is 0 Å². The minimum atomic E-state index is 0.176. The Morgan fingerprint density at radius 3 is 2.92 bits per heavy atom. The van der Waals surface area contributed by atoms with Crippen LogP contribution in [0.25, 0.3) is 0 Å². The van der Waals surface area contributed by atoms with E-state index >= 15 is 0 Å². The molecule has 0 aromatic carbocycles. The zero-order chi connectivity index (χ0) is 9.42. The number of ketones is 1. The molecule has 2 unspecified atom stereocenters. The molecule has 2 nitrogen and oxygen atoms in total. The van der Waals surface area contributed by atoms with Crippen molar-refractivity contribution in [1.82, 2.24) is 4.90 Å². The van der Waals surface area contributed by atoms with Crippen molar-refractivity contribution in [2.24, 2.45) is 5.92 Å². The highest BCUT2D eigenvalue weighted by atomic mass is 16.1. The van der Waals surface area contributed by atoms with Crippen LogP contribution in [0.2, 0.25) is 0 Å². The molecule has 0 amide bonds. The van der Waals surface area contributed by atoms with Gasteiger partial charge >= 0.3 is 0 Å². The van der Waals surface area contributed by atoms with E-state index in [2.05, 4.69) is 17.1 Å². The van der Waals surface area contributed by atoms with Gasteiger partial charge in [-0.1, -0.05) is 24.3 Å². The first-order valence-electron chi connectivity index (χ1n) is 4.50. The van der Waals surface area contributed by atoms with Crippen molar-refractivity contribution in [3.8, 4) is 0 Å². The predicted molar refractivity (Wildman–Crippen MR) is 52.1 cm³/mol. The van der Waals surface area contributed by atoms with Crippen LogP contribution >= 0.6 is 0 Å². The molecule has 0 N–H and O–H groups in total.